The smallest absolute Gasteiger partial charge is 0.221 e. The van der Waals surface area contributed by atoms with Crippen LogP contribution < -0.4 is 10.9 Å². The molecule has 0 heterocycles. The van der Waals surface area contributed by atoms with Gasteiger partial charge in [0, 0.05) is 6.04 Å². The predicted octanol–water partition coefficient (Wildman–Crippen LogP) is 0.672. The van der Waals surface area contributed by atoms with E-state index < -0.39 is 0 Å². The van der Waals surface area contributed by atoms with Crippen LogP contribution in [0, 0.1) is 5.92 Å². The van der Waals surface area contributed by atoms with Gasteiger partial charge in [0.05, 0.1) is 0 Å². The number of rotatable bonds is 5. The summed E-state index contributed by atoms with van der Waals surface area (Å²) in [4.78, 5) is 9.82. The molecule has 0 fully saturated rings. The Kier molecular flexibility index (Phi) is 4.94. The molecule has 0 spiro atoms. The average Bonchev–Trinajstić information content (AvgIpc) is 1.82. The van der Waals surface area contributed by atoms with E-state index in [1.807, 2.05) is 6.92 Å². The van der Waals surface area contributed by atoms with E-state index >= 15 is 0 Å². The fraction of sp³-hybridized carbons (Fsp3) is 0.857. The second-order valence-electron chi connectivity index (χ2n) is 2.94. The van der Waals surface area contributed by atoms with E-state index in [0.717, 1.165) is 6.42 Å². The molecule has 2 N–H and O–H groups in total. The number of hydrogen-bond acceptors (Lipinski definition) is 2. The Morgan fingerprint density at radius 3 is 2.40 bits per heavy atom. The lowest BCUT2D eigenvalue weighted by molar-refractivity contribution is -0.110. The lowest BCUT2D eigenvalue weighted by atomic mass is 10.1. The summed E-state index contributed by atoms with van der Waals surface area (Å²) in [6.45, 7) is 6.34. The Morgan fingerprint density at radius 2 is 2.00 bits per heavy atom. The molecule has 1 amide bonds. The van der Waals surface area contributed by atoms with Crippen molar-refractivity contribution in [2.24, 2.45) is 5.92 Å². The van der Waals surface area contributed by atoms with Crippen LogP contribution in [0.25, 0.3) is 0 Å². The van der Waals surface area contributed by atoms with Gasteiger partial charge in [-0.05, 0) is 19.3 Å². The lowest BCUT2D eigenvalue weighted by Crippen LogP contribution is -2.38. The highest BCUT2D eigenvalue weighted by Crippen LogP contribution is 2.02. The molecule has 0 aliphatic heterocycles. The van der Waals surface area contributed by atoms with Crippen LogP contribution in [0.1, 0.15) is 27.2 Å². The highest BCUT2D eigenvalue weighted by molar-refractivity contribution is 5.44. The summed E-state index contributed by atoms with van der Waals surface area (Å²) in [5.41, 5.74) is 5.27. The van der Waals surface area contributed by atoms with Gasteiger partial charge in [-0.25, -0.2) is 5.43 Å². The summed E-state index contributed by atoms with van der Waals surface area (Å²) in [5, 5.41) is 0. The zero-order chi connectivity index (χ0) is 7.98. The van der Waals surface area contributed by atoms with E-state index in [1.54, 1.807) is 0 Å². The second kappa shape index (κ2) is 5.23. The lowest BCUT2D eigenvalue weighted by Gasteiger charge is -2.13. The standard InChI is InChI=1S/C7H16N2O/c1-6(2)4-7(3)9-8-5-10/h5-7,9H,4H2,1-3H3,(H,8,10). The zero-order valence-electron chi connectivity index (χ0n) is 6.85. The maximum absolute atomic E-state index is 9.82. The molecule has 0 aromatic heterocycles. The van der Waals surface area contributed by atoms with Crippen molar-refractivity contribution in [1.29, 1.82) is 0 Å². The molecular weight excluding hydrogens is 128 g/mol. The van der Waals surface area contributed by atoms with E-state index in [1.165, 1.54) is 0 Å². The predicted molar refractivity (Wildman–Crippen MR) is 41.3 cm³/mol. The fourth-order valence-electron chi connectivity index (χ4n) is 0.942. The van der Waals surface area contributed by atoms with Crippen LogP contribution in [-0.2, 0) is 4.79 Å². The molecule has 1 unspecified atom stereocenters. The van der Waals surface area contributed by atoms with Crippen LogP contribution in [0.2, 0.25) is 0 Å². The van der Waals surface area contributed by atoms with Gasteiger partial charge >= 0.3 is 0 Å². The van der Waals surface area contributed by atoms with E-state index in [2.05, 4.69) is 24.7 Å². The molecule has 3 nitrogen and oxygen atoms in total. The fourth-order valence-corrected chi connectivity index (χ4v) is 0.942. The Morgan fingerprint density at radius 1 is 1.40 bits per heavy atom. The van der Waals surface area contributed by atoms with E-state index in [9.17, 15) is 4.79 Å². The van der Waals surface area contributed by atoms with Gasteiger partial charge in [-0.2, -0.15) is 0 Å². The minimum absolute atomic E-state index is 0.352. The largest absolute Gasteiger partial charge is 0.294 e. The molecule has 60 valence electrons. The third-order valence-electron chi connectivity index (χ3n) is 1.21. The monoisotopic (exact) mass is 144 g/mol. The van der Waals surface area contributed by atoms with Gasteiger partial charge in [-0.1, -0.05) is 13.8 Å². The molecule has 10 heavy (non-hydrogen) atoms. The summed E-state index contributed by atoms with van der Waals surface area (Å²) >= 11 is 0. The first-order valence-electron chi connectivity index (χ1n) is 3.61. The van der Waals surface area contributed by atoms with E-state index in [-0.39, 0.29) is 0 Å². The quantitative estimate of drug-likeness (QED) is 0.440. The SMILES string of the molecule is CC(C)CC(C)NNC=O. The van der Waals surface area contributed by atoms with Crippen molar-refractivity contribution in [2.45, 2.75) is 33.2 Å². The summed E-state index contributed by atoms with van der Waals surface area (Å²) in [6.07, 6.45) is 1.72. The molecule has 0 bridgehead atoms. The number of amides is 1. The van der Waals surface area contributed by atoms with Gasteiger partial charge in [0.1, 0.15) is 0 Å². The van der Waals surface area contributed by atoms with Crippen molar-refractivity contribution in [3.63, 3.8) is 0 Å². The summed E-state index contributed by atoms with van der Waals surface area (Å²) < 4.78 is 0. The zero-order valence-corrected chi connectivity index (χ0v) is 6.85. The maximum Gasteiger partial charge on any atom is 0.221 e. The van der Waals surface area contributed by atoms with Gasteiger partial charge in [0.15, 0.2) is 0 Å². The molecular formula is C7H16N2O. The van der Waals surface area contributed by atoms with Crippen LogP contribution in [0.5, 0.6) is 0 Å². The van der Waals surface area contributed by atoms with Crippen LogP contribution in [0.15, 0.2) is 0 Å². The second-order valence-corrected chi connectivity index (χ2v) is 2.94. The first kappa shape index (κ1) is 9.43. The van der Waals surface area contributed by atoms with Crippen LogP contribution in [-0.4, -0.2) is 12.5 Å². The Balaban J connectivity index is 3.24. The number of hydrogen-bond donors (Lipinski definition) is 2. The maximum atomic E-state index is 9.82. The normalized spacial score (nSPS) is 13.2. The van der Waals surface area contributed by atoms with Crippen molar-refractivity contribution in [3.8, 4) is 0 Å². The molecule has 0 aliphatic rings. The minimum atomic E-state index is 0.352. The Bertz CT molecular complexity index is 93.6. The highest BCUT2D eigenvalue weighted by atomic mass is 16.1. The van der Waals surface area contributed by atoms with Crippen molar-refractivity contribution in [3.05, 3.63) is 0 Å². The first-order chi connectivity index (χ1) is 4.66. The number of carbonyl (C=O) groups is 1. The van der Waals surface area contributed by atoms with Crippen LogP contribution in [0.3, 0.4) is 0 Å². The van der Waals surface area contributed by atoms with Gasteiger partial charge < -0.3 is 0 Å². The third kappa shape index (κ3) is 5.56. The third-order valence-corrected chi connectivity index (χ3v) is 1.21. The summed E-state index contributed by atoms with van der Waals surface area (Å²) in [5.74, 6) is 0.663. The molecule has 0 saturated carbocycles. The number of hydrazine groups is 1. The topological polar surface area (TPSA) is 41.1 Å². The van der Waals surface area contributed by atoms with Gasteiger partial charge in [-0.3, -0.25) is 10.2 Å². The molecule has 0 radical (unpaired) electrons. The first-order valence-corrected chi connectivity index (χ1v) is 3.61. The minimum Gasteiger partial charge on any atom is -0.294 e. The molecule has 0 saturated heterocycles. The van der Waals surface area contributed by atoms with Crippen molar-refractivity contribution >= 4 is 6.41 Å². The Hall–Kier alpha value is -0.570. The molecule has 0 rings (SSSR count). The molecule has 0 aromatic rings. The summed E-state index contributed by atoms with van der Waals surface area (Å²) in [6, 6.07) is 0.352. The van der Waals surface area contributed by atoms with Crippen molar-refractivity contribution in [1.82, 2.24) is 10.9 Å². The highest BCUT2D eigenvalue weighted by Gasteiger charge is 2.01. The van der Waals surface area contributed by atoms with Gasteiger partial charge in [0.2, 0.25) is 6.41 Å². The molecule has 0 aliphatic carbocycles. The number of nitrogens with one attached hydrogen (secondary N) is 2. The van der Waals surface area contributed by atoms with Gasteiger partial charge in [-0.15, -0.1) is 0 Å². The number of carbonyl (C=O) groups excluding carboxylic acids is 1. The van der Waals surface area contributed by atoms with Crippen LogP contribution in [0.4, 0.5) is 0 Å². The molecule has 1 atom stereocenters. The van der Waals surface area contributed by atoms with Crippen molar-refractivity contribution < 1.29 is 4.79 Å². The molecule has 3 heteroatoms. The van der Waals surface area contributed by atoms with E-state index in [4.69, 9.17) is 0 Å². The van der Waals surface area contributed by atoms with Crippen LogP contribution >= 0.6 is 0 Å². The summed E-state index contributed by atoms with van der Waals surface area (Å²) in [7, 11) is 0. The van der Waals surface area contributed by atoms with Gasteiger partial charge in [0.25, 0.3) is 0 Å². The van der Waals surface area contributed by atoms with Crippen molar-refractivity contribution in [2.75, 3.05) is 0 Å². The molecule has 0 aromatic carbocycles. The Labute approximate surface area is 62.2 Å². The average molecular weight is 144 g/mol. The van der Waals surface area contributed by atoms with E-state index in [0.29, 0.717) is 18.4 Å².